The molecule has 5 heteroatoms. The molecule has 1 heterocycles. The first kappa shape index (κ1) is 17.9. The molecule has 5 nitrogen and oxygen atoms in total. The Morgan fingerprint density at radius 2 is 1.69 bits per heavy atom. The molecule has 0 saturated heterocycles. The Labute approximate surface area is 153 Å². The van der Waals surface area contributed by atoms with Gasteiger partial charge in [0.15, 0.2) is 5.69 Å². The van der Waals surface area contributed by atoms with Crippen molar-refractivity contribution in [2.45, 2.75) is 27.2 Å². The molecule has 0 aliphatic rings. The van der Waals surface area contributed by atoms with E-state index < -0.39 is 0 Å². The Hall–Kier alpha value is -2.95. The molecule has 0 fully saturated rings. The van der Waals surface area contributed by atoms with Gasteiger partial charge in [-0.15, -0.1) is 0 Å². The fourth-order valence-corrected chi connectivity index (χ4v) is 2.73. The maximum Gasteiger partial charge on any atom is 0.275 e. The zero-order valence-electron chi connectivity index (χ0n) is 15.4. The standard InChI is InChI=1S/C21H23N3O2/c1-4-26-21-19(20(25)22-11-10-16-8-6-5-7-9-16)23-17-12-14(2)15(3)13-18(17)24-21/h5-9,12-13H,4,10-11H2,1-3H3,(H,22,25). The highest BCUT2D eigenvalue weighted by Gasteiger charge is 2.18. The van der Waals surface area contributed by atoms with E-state index in [-0.39, 0.29) is 17.5 Å². The molecule has 0 atom stereocenters. The minimum absolute atomic E-state index is 0.232. The van der Waals surface area contributed by atoms with Crippen LogP contribution in [0.1, 0.15) is 34.1 Å². The Morgan fingerprint density at radius 3 is 2.35 bits per heavy atom. The third-order valence-corrected chi connectivity index (χ3v) is 4.29. The van der Waals surface area contributed by atoms with Crippen molar-refractivity contribution in [3.05, 3.63) is 64.8 Å². The summed E-state index contributed by atoms with van der Waals surface area (Å²) in [6.07, 6.45) is 0.760. The van der Waals surface area contributed by atoms with Crippen molar-refractivity contribution in [2.75, 3.05) is 13.2 Å². The number of nitrogens with one attached hydrogen (secondary N) is 1. The largest absolute Gasteiger partial charge is 0.476 e. The minimum atomic E-state index is -0.267. The Morgan fingerprint density at radius 1 is 1.04 bits per heavy atom. The number of ether oxygens (including phenoxy) is 1. The summed E-state index contributed by atoms with van der Waals surface area (Å²) in [5, 5.41) is 2.92. The molecule has 26 heavy (non-hydrogen) atoms. The third-order valence-electron chi connectivity index (χ3n) is 4.29. The zero-order valence-corrected chi connectivity index (χ0v) is 15.4. The minimum Gasteiger partial charge on any atom is -0.476 e. The van der Waals surface area contributed by atoms with Crippen LogP contribution in [-0.4, -0.2) is 29.0 Å². The number of amides is 1. The van der Waals surface area contributed by atoms with Gasteiger partial charge >= 0.3 is 0 Å². The lowest BCUT2D eigenvalue weighted by Gasteiger charge is -2.11. The van der Waals surface area contributed by atoms with Gasteiger partial charge in [-0.25, -0.2) is 9.97 Å². The molecule has 0 spiro atoms. The first-order valence-corrected chi connectivity index (χ1v) is 8.82. The number of fused-ring (bicyclic) bond motifs is 1. The van der Waals surface area contributed by atoms with E-state index in [9.17, 15) is 4.79 Å². The second-order valence-corrected chi connectivity index (χ2v) is 6.23. The summed E-state index contributed by atoms with van der Waals surface area (Å²) in [4.78, 5) is 21.7. The van der Waals surface area contributed by atoms with Gasteiger partial charge in [0.1, 0.15) is 0 Å². The molecule has 1 aromatic heterocycles. The van der Waals surface area contributed by atoms with E-state index in [1.807, 2.05) is 63.2 Å². The highest BCUT2D eigenvalue weighted by Crippen LogP contribution is 2.22. The van der Waals surface area contributed by atoms with Gasteiger partial charge in [0, 0.05) is 6.54 Å². The van der Waals surface area contributed by atoms with Gasteiger partial charge in [-0.05, 0) is 56.0 Å². The van der Waals surface area contributed by atoms with Crippen LogP contribution in [0.3, 0.4) is 0 Å². The number of nitrogens with zero attached hydrogens (tertiary/aromatic N) is 2. The predicted molar refractivity (Wildman–Crippen MR) is 103 cm³/mol. The number of aromatic nitrogens is 2. The quantitative estimate of drug-likeness (QED) is 0.738. The molecule has 0 saturated carbocycles. The average molecular weight is 349 g/mol. The zero-order chi connectivity index (χ0) is 18.5. The molecule has 0 aliphatic heterocycles. The number of rotatable bonds is 6. The van der Waals surface area contributed by atoms with Gasteiger partial charge in [0.05, 0.1) is 17.6 Å². The SMILES string of the molecule is CCOc1nc2cc(C)c(C)cc2nc1C(=O)NCCc1ccccc1. The Bertz CT molecular complexity index is 923. The fourth-order valence-electron chi connectivity index (χ4n) is 2.73. The summed E-state index contributed by atoms with van der Waals surface area (Å²) in [5.41, 5.74) is 5.09. The highest BCUT2D eigenvalue weighted by molar-refractivity contribution is 5.96. The Kier molecular flexibility index (Phi) is 5.46. The summed E-state index contributed by atoms with van der Waals surface area (Å²) in [7, 11) is 0. The molecule has 1 amide bonds. The molecule has 0 aliphatic carbocycles. The van der Waals surface area contributed by atoms with E-state index in [1.54, 1.807) is 0 Å². The molecule has 0 bridgehead atoms. The first-order chi connectivity index (χ1) is 12.6. The lowest BCUT2D eigenvalue weighted by molar-refractivity contribution is 0.0944. The van der Waals surface area contributed by atoms with Crippen LogP contribution in [0.15, 0.2) is 42.5 Å². The second-order valence-electron chi connectivity index (χ2n) is 6.23. The molecule has 3 aromatic rings. The van der Waals surface area contributed by atoms with E-state index in [4.69, 9.17) is 4.74 Å². The summed E-state index contributed by atoms with van der Waals surface area (Å²) < 4.78 is 5.57. The predicted octanol–water partition coefficient (Wildman–Crippen LogP) is 3.62. The fraction of sp³-hybridized carbons (Fsp3) is 0.286. The highest BCUT2D eigenvalue weighted by atomic mass is 16.5. The summed E-state index contributed by atoms with van der Waals surface area (Å²) in [5.74, 6) is 0.0115. The van der Waals surface area contributed by atoms with Crippen molar-refractivity contribution in [2.24, 2.45) is 0 Å². The van der Waals surface area contributed by atoms with Gasteiger partial charge in [-0.3, -0.25) is 4.79 Å². The van der Waals surface area contributed by atoms with Gasteiger partial charge < -0.3 is 10.1 Å². The normalized spacial score (nSPS) is 10.7. The van der Waals surface area contributed by atoms with Crippen molar-refractivity contribution >= 4 is 16.9 Å². The van der Waals surface area contributed by atoms with Crippen LogP contribution < -0.4 is 10.1 Å². The van der Waals surface area contributed by atoms with Crippen LogP contribution >= 0.6 is 0 Å². The molecule has 1 N–H and O–H groups in total. The summed E-state index contributed by atoms with van der Waals surface area (Å²) >= 11 is 0. The van der Waals surface area contributed by atoms with Gasteiger partial charge in [-0.2, -0.15) is 0 Å². The molecular formula is C21H23N3O2. The molecule has 0 radical (unpaired) electrons. The summed E-state index contributed by atoms with van der Waals surface area (Å²) in [6.45, 7) is 6.87. The van der Waals surface area contributed by atoms with Crippen LogP contribution in [0.5, 0.6) is 5.88 Å². The number of carbonyl (C=O) groups is 1. The van der Waals surface area contributed by atoms with Crippen molar-refractivity contribution < 1.29 is 9.53 Å². The van der Waals surface area contributed by atoms with Crippen LogP contribution in [0.2, 0.25) is 0 Å². The van der Waals surface area contributed by atoms with Crippen molar-refractivity contribution in [3.8, 4) is 5.88 Å². The van der Waals surface area contributed by atoms with E-state index in [2.05, 4.69) is 15.3 Å². The maximum absolute atomic E-state index is 12.6. The van der Waals surface area contributed by atoms with Crippen LogP contribution in [0, 0.1) is 13.8 Å². The third kappa shape index (κ3) is 3.99. The monoisotopic (exact) mass is 349 g/mol. The number of hydrogen-bond donors (Lipinski definition) is 1. The van der Waals surface area contributed by atoms with Gasteiger partial charge in [0.2, 0.25) is 5.88 Å². The lowest BCUT2D eigenvalue weighted by atomic mass is 10.1. The van der Waals surface area contributed by atoms with Gasteiger partial charge in [-0.1, -0.05) is 30.3 Å². The topological polar surface area (TPSA) is 64.1 Å². The Balaban J connectivity index is 1.83. The molecule has 3 rings (SSSR count). The van der Waals surface area contributed by atoms with Gasteiger partial charge in [0.25, 0.3) is 5.91 Å². The maximum atomic E-state index is 12.6. The van der Waals surface area contributed by atoms with Crippen molar-refractivity contribution in [1.82, 2.24) is 15.3 Å². The molecule has 2 aromatic carbocycles. The second kappa shape index (κ2) is 7.95. The number of benzene rings is 2. The van der Waals surface area contributed by atoms with E-state index in [0.717, 1.165) is 23.1 Å². The number of hydrogen-bond acceptors (Lipinski definition) is 4. The number of carbonyl (C=O) groups excluding carboxylic acids is 1. The van der Waals surface area contributed by atoms with Crippen LogP contribution in [0.25, 0.3) is 11.0 Å². The van der Waals surface area contributed by atoms with E-state index in [0.29, 0.717) is 18.7 Å². The lowest BCUT2D eigenvalue weighted by Crippen LogP contribution is -2.27. The first-order valence-electron chi connectivity index (χ1n) is 8.82. The smallest absolute Gasteiger partial charge is 0.275 e. The average Bonchev–Trinajstić information content (AvgIpc) is 2.63. The number of aryl methyl sites for hydroxylation is 2. The molecule has 0 unspecified atom stereocenters. The summed E-state index contributed by atoms with van der Waals surface area (Å²) in [6, 6.07) is 14.0. The van der Waals surface area contributed by atoms with Crippen molar-refractivity contribution in [1.29, 1.82) is 0 Å². The van der Waals surface area contributed by atoms with Crippen LogP contribution in [-0.2, 0) is 6.42 Å². The van der Waals surface area contributed by atoms with E-state index in [1.165, 1.54) is 5.56 Å². The molecular weight excluding hydrogens is 326 g/mol. The van der Waals surface area contributed by atoms with Crippen molar-refractivity contribution in [3.63, 3.8) is 0 Å². The van der Waals surface area contributed by atoms with Crippen LogP contribution in [0.4, 0.5) is 0 Å². The van der Waals surface area contributed by atoms with E-state index >= 15 is 0 Å². The molecule has 134 valence electrons.